The topological polar surface area (TPSA) is 32.9 Å². The Kier molecular flexibility index (Phi) is 2.34. The lowest BCUT2D eigenvalue weighted by Gasteiger charge is -2.06. The number of hydrogen-bond donors (Lipinski definition) is 1. The minimum absolute atomic E-state index is 0.114. The van der Waals surface area contributed by atoms with Crippen molar-refractivity contribution in [3.05, 3.63) is 57.6 Å². The van der Waals surface area contributed by atoms with E-state index in [1.54, 1.807) is 11.3 Å². The zero-order valence-electron chi connectivity index (χ0n) is 9.36. The van der Waals surface area contributed by atoms with Crippen LogP contribution in [-0.4, -0.2) is 4.98 Å². The second-order valence-corrected chi connectivity index (χ2v) is 4.92. The molecule has 17 heavy (non-hydrogen) atoms. The molecule has 2 aromatic heterocycles. The molecule has 0 spiro atoms. The largest absolute Gasteiger partial charge is 0.353 e. The van der Waals surface area contributed by atoms with Crippen LogP contribution in [0.4, 0.5) is 0 Å². The molecule has 0 aliphatic carbocycles. The van der Waals surface area contributed by atoms with Crippen molar-refractivity contribution in [3.8, 4) is 10.6 Å². The van der Waals surface area contributed by atoms with E-state index in [0.717, 1.165) is 27.0 Å². The summed E-state index contributed by atoms with van der Waals surface area (Å²) in [7, 11) is 0. The first-order valence-electron chi connectivity index (χ1n) is 5.43. The van der Waals surface area contributed by atoms with E-state index in [4.69, 9.17) is 0 Å². The Labute approximate surface area is 103 Å². The SMILES string of the molecule is Cc1c(-c2cccs2)[nH]c2ccccc2c1=O. The van der Waals surface area contributed by atoms with Gasteiger partial charge in [0.05, 0.1) is 10.6 Å². The van der Waals surface area contributed by atoms with Crippen molar-refractivity contribution in [1.29, 1.82) is 0 Å². The molecule has 84 valence electrons. The molecule has 0 fully saturated rings. The van der Waals surface area contributed by atoms with Gasteiger partial charge in [0.25, 0.3) is 0 Å². The third-order valence-electron chi connectivity index (χ3n) is 2.91. The molecule has 1 aromatic carbocycles. The lowest BCUT2D eigenvalue weighted by Crippen LogP contribution is -2.08. The minimum atomic E-state index is 0.114. The number of hydrogen-bond acceptors (Lipinski definition) is 2. The Hall–Kier alpha value is -1.87. The van der Waals surface area contributed by atoms with E-state index in [9.17, 15) is 4.79 Å². The van der Waals surface area contributed by atoms with Crippen molar-refractivity contribution in [3.63, 3.8) is 0 Å². The Morgan fingerprint density at radius 2 is 1.94 bits per heavy atom. The van der Waals surface area contributed by atoms with Crippen LogP contribution in [0.3, 0.4) is 0 Å². The average Bonchev–Trinajstić information content (AvgIpc) is 2.87. The molecule has 3 aromatic rings. The third kappa shape index (κ3) is 1.59. The third-order valence-corrected chi connectivity index (χ3v) is 3.80. The molecule has 0 saturated carbocycles. The monoisotopic (exact) mass is 241 g/mol. The van der Waals surface area contributed by atoms with Crippen LogP contribution in [0.15, 0.2) is 46.6 Å². The van der Waals surface area contributed by atoms with Gasteiger partial charge in [-0.05, 0) is 30.5 Å². The molecular formula is C14H11NOS. The molecule has 2 heterocycles. The number of nitrogens with one attached hydrogen (secondary N) is 1. The molecule has 0 bridgehead atoms. The Morgan fingerprint density at radius 3 is 2.71 bits per heavy atom. The van der Waals surface area contributed by atoms with Crippen LogP contribution in [-0.2, 0) is 0 Å². The van der Waals surface area contributed by atoms with E-state index >= 15 is 0 Å². The Balaban J connectivity index is 2.42. The van der Waals surface area contributed by atoms with Gasteiger partial charge in [0.2, 0.25) is 0 Å². The molecular weight excluding hydrogens is 230 g/mol. The van der Waals surface area contributed by atoms with Crippen LogP contribution in [0.25, 0.3) is 21.5 Å². The summed E-state index contributed by atoms with van der Waals surface area (Å²) in [5.74, 6) is 0. The number of fused-ring (bicyclic) bond motifs is 1. The van der Waals surface area contributed by atoms with Gasteiger partial charge in [-0.3, -0.25) is 4.79 Å². The number of para-hydroxylation sites is 1. The number of H-pyrrole nitrogens is 1. The summed E-state index contributed by atoms with van der Waals surface area (Å²) >= 11 is 1.64. The molecule has 0 atom stereocenters. The van der Waals surface area contributed by atoms with Crippen molar-refractivity contribution in [2.24, 2.45) is 0 Å². The lowest BCUT2D eigenvalue weighted by atomic mass is 10.1. The van der Waals surface area contributed by atoms with Crippen molar-refractivity contribution < 1.29 is 0 Å². The van der Waals surface area contributed by atoms with Gasteiger partial charge in [-0.25, -0.2) is 0 Å². The maximum Gasteiger partial charge on any atom is 0.192 e. The minimum Gasteiger partial charge on any atom is -0.353 e. The second-order valence-electron chi connectivity index (χ2n) is 3.98. The van der Waals surface area contributed by atoms with Gasteiger partial charge < -0.3 is 4.98 Å². The first-order chi connectivity index (χ1) is 8.27. The number of rotatable bonds is 1. The van der Waals surface area contributed by atoms with Gasteiger partial charge in [-0.2, -0.15) is 0 Å². The standard InChI is InChI=1S/C14H11NOS/c1-9-13(12-7-4-8-17-12)15-11-6-3-2-5-10(11)14(9)16/h2-8H,1H3,(H,15,16). The number of thiophene rings is 1. The molecule has 1 N–H and O–H groups in total. The van der Waals surface area contributed by atoms with E-state index in [2.05, 4.69) is 4.98 Å². The summed E-state index contributed by atoms with van der Waals surface area (Å²) < 4.78 is 0. The van der Waals surface area contributed by atoms with Gasteiger partial charge in [0.15, 0.2) is 5.43 Å². The van der Waals surface area contributed by atoms with E-state index in [1.807, 2.05) is 48.7 Å². The average molecular weight is 241 g/mol. The first-order valence-corrected chi connectivity index (χ1v) is 6.31. The maximum atomic E-state index is 12.2. The lowest BCUT2D eigenvalue weighted by molar-refractivity contribution is 1.31. The summed E-state index contributed by atoms with van der Waals surface area (Å²) in [6.07, 6.45) is 0. The van der Waals surface area contributed by atoms with Crippen LogP contribution in [0, 0.1) is 6.92 Å². The molecule has 0 unspecified atom stereocenters. The summed E-state index contributed by atoms with van der Waals surface area (Å²) in [6.45, 7) is 1.88. The quantitative estimate of drug-likeness (QED) is 0.694. The summed E-state index contributed by atoms with van der Waals surface area (Å²) in [5, 5.41) is 2.77. The predicted octanol–water partition coefficient (Wildman–Crippen LogP) is 3.57. The molecule has 3 heteroatoms. The molecule has 0 radical (unpaired) electrons. The zero-order chi connectivity index (χ0) is 11.8. The maximum absolute atomic E-state index is 12.2. The molecule has 0 saturated heterocycles. The van der Waals surface area contributed by atoms with Gasteiger partial charge in [0.1, 0.15) is 0 Å². The molecule has 3 rings (SSSR count). The normalized spacial score (nSPS) is 10.9. The fourth-order valence-corrected chi connectivity index (χ4v) is 2.78. The van der Waals surface area contributed by atoms with Crippen LogP contribution in [0.1, 0.15) is 5.56 Å². The van der Waals surface area contributed by atoms with Crippen LogP contribution < -0.4 is 5.43 Å². The summed E-state index contributed by atoms with van der Waals surface area (Å²) in [4.78, 5) is 16.7. The fraction of sp³-hybridized carbons (Fsp3) is 0.0714. The smallest absolute Gasteiger partial charge is 0.192 e. The predicted molar refractivity (Wildman–Crippen MR) is 72.6 cm³/mol. The summed E-state index contributed by atoms with van der Waals surface area (Å²) in [6, 6.07) is 11.6. The highest BCUT2D eigenvalue weighted by Gasteiger charge is 2.09. The van der Waals surface area contributed by atoms with E-state index in [-0.39, 0.29) is 5.43 Å². The fourth-order valence-electron chi connectivity index (χ4n) is 2.00. The first kappa shape index (κ1) is 10.3. The van der Waals surface area contributed by atoms with Gasteiger partial charge >= 0.3 is 0 Å². The second kappa shape index (κ2) is 3.86. The van der Waals surface area contributed by atoms with E-state index in [1.165, 1.54) is 0 Å². The highest BCUT2D eigenvalue weighted by molar-refractivity contribution is 7.13. The number of aromatic amines is 1. The van der Waals surface area contributed by atoms with Gasteiger partial charge in [0, 0.05) is 16.5 Å². The Bertz CT molecular complexity index is 726. The number of pyridine rings is 1. The van der Waals surface area contributed by atoms with Crippen molar-refractivity contribution in [2.45, 2.75) is 6.92 Å². The van der Waals surface area contributed by atoms with Crippen LogP contribution in [0.2, 0.25) is 0 Å². The van der Waals surface area contributed by atoms with Gasteiger partial charge in [-0.15, -0.1) is 11.3 Å². The number of benzene rings is 1. The Morgan fingerprint density at radius 1 is 1.12 bits per heavy atom. The highest BCUT2D eigenvalue weighted by Crippen LogP contribution is 2.25. The highest BCUT2D eigenvalue weighted by atomic mass is 32.1. The van der Waals surface area contributed by atoms with Crippen molar-refractivity contribution in [2.75, 3.05) is 0 Å². The zero-order valence-corrected chi connectivity index (χ0v) is 10.2. The summed E-state index contributed by atoms with van der Waals surface area (Å²) in [5.41, 5.74) is 2.73. The van der Waals surface area contributed by atoms with E-state index in [0.29, 0.717) is 0 Å². The molecule has 0 aliphatic heterocycles. The van der Waals surface area contributed by atoms with Crippen molar-refractivity contribution in [1.82, 2.24) is 4.98 Å². The van der Waals surface area contributed by atoms with Gasteiger partial charge in [-0.1, -0.05) is 18.2 Å². The molecule has 2 nitrogen and oxygen atoms in total. The molecule has 0 amide bonds. The van der Waals surface area contributed by atoms with Crippen LogP contribution in [0.5, 0.6) is 0 Å². The van der Waals surface area contributed by atoms with E-state index < -0.39 is 0 Å². The number of aromatic nitrogens is 1. The molecule has 0 aliphatic rings. The van der Waals surface area contributed by atoms with Crippen molar-refractivity contribution >= 4 is 22.2 Å². The van der Waals surface area contributed by atoms with Crippen LogP contribution >= 0.6 is 11.3 Å².